The molecule has 0 bridgehead atoms. The van der Waals surface area contributed by atoms with E-state index in [2.05, 4.69) is 21.0 Å². The number of rotatable bonds is 1. The molecule has 1 aromatic heterocycles. The van der Waals surface area contributed by atoms with Crippen molar-refractivity contribution in [1.82, 2.24) is 9.78 Å². The first kappa shape index (κ1) is 8.26. The third kappa shape index (κ3) is 1.28. The van der Waals surface area contributed by atoms with Crippen LogP contribution in [0.3, 0.4) is 0 Å². The van der Waals surface area contributed by atoms with Crippen molar-refractivity contribution in [3.8, 4) is 0 Å². The first-order chi connectivity index (χ1) is 5.04. The Morgan fingerprint density at radius 3 is 2.45 bits per heavy atom. The third-order valence-corrected chi connectivity index (χ3v) is 2.30. The van der Waals surface area contributed by atoms with E-state index < -0.39 is 5.97 Å². The van der Waals surface area contributed by atoms with Gasteiger partial charge in [0, 0.05) is 7.05 Å². The lowest BCUT2D eigenvalue weighted by molar-refractivity contribution is 0.0684. The Bertz CT molecular complexity index is 306. The van der Waals surface area contributed by atoms with Crippen molar-refractivity contribution < 1.29 is 9.90 Å². The van der Waals surface area contributed by atoms with Crippen molar-refractivity contribution in [2.45, 2.75) is 6.92 Å². The van der Waals surface area contributed by atoms with Crippen LogP contribution in [-0.2, 0) is 7.05 Å². The predicted molar refractivity (Wildman–Crippen MR) is 42.6 cm³/mol. The first-order valence-corrected chi connectivity index (χ1v) is 3.75. The fourth-order valence-corrected chi connectivity index (χ4v) is 1.37. The maximum Gasteiger partial charge on any atom is 0.355 e. The highest BCUT2D eigenvalue weighted by molar-refractivity contribution is 9.10. The van der Waals surface area contributed by atoms with Crippen LogP contribution >= 0.6 is 15.9 Å². The van der Waals surface area contributed by atoms with Gasteiger partial charge in [0.15, 0.2) is 5.69 Å². The molecule has 11 heavy (non-hydrogen) atoms. The molecule has 0 aliphatic carbocycles. The van der Waals surface area contributed by atoms with Gasteiger partial charge in [-0.05, 0) is 22.9 Å². The Balaban J connectivity index is 3.34. The molecule has 1 N–H and O–H groups in total. The molecular formula is C6H7BrN2O2. The van der Waals surface area contributed by atoms with Crippen molar-refractivity contribution >= 4 is 21.9 Å². The van der Waals surface area contributed by atoms with Gasteiger partial charge in [0.1, 0.15) is 0 Å². The standard InChI is InChI=1S/C6H7BrN2O2/c1-3-4(7)5(6(10)11)9(2)8-3/h1-2H3,(H,10,11). The Hall–Kier alpha value is -0.840. The highest BCUT2D eigenvalue weighted by Gasteiger charge is 2.16. The minimum absolute atomic E-state index is 0.183. The number of carboxylic acid groups (broad SMARTS) is 1. The molecule has 0 saturated carbocycles. The summed E-state index contributed by atoms with van der Waals surface area (Å²) in [5, 5.41) is 12.6. The predicted octanol–water partition coefficient (Wildman–Crippen LogP) is 1.19. The van der Waals surface area contributed by atoms with E-state index in [-0.39, 0.29) is 5.69 Å². The lowest BCUT2D eigenvalue weighted by atomic mass is 10.4. The van der Waals surface area contributed by atoms with E-state index in [0.29, 0.717) is 10.2 Å². The van der Waals surface area contributed by atoms with Crippen LogP contribution < -0.4 is 0 Å². The summed E-state index contributed by atoms with van der Waals surface area (Å²) in [5.41, 5.74) is 0.868. The number of carbonyl (C=O) groups is 1. The maximum atomic E-state index is 10.6. The van der Waals surface area contributed by atoms with E-state index in [1.54, 1.807) is 14.0 Å². The summed E-state index contributed by atoms with van der Waals surface area (Å²) >= 11 is 3.14. The summed E-state index contributed by atoms with van der Waals surface area (Å²) < 4.78 is 1.88. The van der Waals surface area contributed by atoms with Crippen molar-refractivity contribution in [2.75, 3.05) is 0 Å². The van der Waals surface area contributed by atoms with Crippen LogP contribution in [0.5, 0.6) is 0 Å². The molecule has 5 heteroatoms. The number of carboxylic acids is 1. The summed E-state index contributed by atoms with van der Waals surface area (Å²) in [4.78, 5) is 10.6. The van der Waals surface area contributed by atoms with Gasteiger partial charge in [-0.2, -0.15) is 5.10 Å². The Morgan fingerprint density at radius 1 is 1.73 bits per heavy atom. The Morgan fingerprint density at radius 2 is 2.27 bits per heavy atom. The minimum Gasteiger partial charge on any atom is -0.476 e. The second-order valence-electron chi connectivity index (χ2n) is 2.18. The van der Waals surface area contributed by atoms with Crippen LogP contribution in [0.2, 0.25) is 0 Å². The van der Waals surface area contributed by atoms with Crippen molar-refractivity contribution in [2.24, 2.45) is 7.05 Å². The van der Waals surface area contributed by atoms with Gasteiger partial charge in [0.05, 0.1) is 10.2 Å². The number of hydrogen-bond acceptors (Lipinski definition) is 2. The zero-order valence-electron chi connectivity index (χ0n) is 6.13. The molecule has 1 aromatic rings. The number of aryl methyl sites for hydroxylation is 2. The van der Waals surface area contributed by atoms with Crippen molar-refractivity contribution in [1.29, 1.82) is 0 Å². The zero-order valence-corrected chi connectivity index (χ0v) is 7.71. The van der Waals surface area contributed by atoms with E-state index in [4.69, 9.17) is 5.11 Å². The Labute approximate surface area is 72.0 Å². The van der Waals surface area contributed by atoms with Crippen LogP contribution in [-0.4, -0.2) is 20.9 Å². The van der Waals surface area contributed by atoms with Gasteiger partial charge in [-0.1, -0.05) is 0 Å². The number of halogens is 1. The molecule has 0 fully saturated rings. The molecule has 0 aliphatic heterocycles. The van der Waals surface area contributed by atoms with Crippen LogP contribution in [0.4, 0.5) is 0 Å². The fourth-order valence-electron chi connectivity index (χ4n) is 0.865. The average molecular weight is 219 g/mol. The summed E-state index contributed by atoms with van der Waals surface area (Å²) in [6.07, 6.45) is 0. The molecule has 1 heterocycles. The van der Waals surface area contributed by atoms with Crippen LogP contribution in [0.1, 0.15) is 16.2 Å². The van der Waals surface area contributed by atoms with Gasteiger partial charge in [0.25, 0.3) is 0 Å². The summed E-state index contributed by atoms with van der Waals surface area (Å²) in [6.45, 7) is 1.75. The molecule has 0 aromatic carbocycles. The monoisotopic (exact) mass is 218 g/mol. The molecule has 0 aliphatic rings. The quantitative estimate of drug-likeness (QED) is 0.771. The van der Waals surface area contributed by atoms with E-state index >= 15 is 0 Å². The fraction of sp³-hybridized carbons (Fsp3) is 0.333. The largest absolute Gasteiger partial charge is 0.476 e. The summed E-state index contributed by atoms with van der Waals surface area (Å²) in [5.74, 6) is -0.972. The molecule has 0 radical (unpaired) electrons. The van der Waals surface area contributed by atoms with Crippen molar-refractivity contribution in [3.63, 3.8) is 0 Å². The second-order valence-corrected chi connectivity index (χ2v) is 2.97. The molecule has 1 rings (SSSR count). The molecule has 0 atom stereocenters. The van der Waals surface area contributed by atoms with Crippen LogP contribution in [0.25, 0.3) is 0 Å². The second kappa shape index (κ2) is 2.65. The van der Waals surface area contributed by atoms with E-state index in [9.17, 15) is 4.79 Å². The minimum atomic E-state index is -0.972. The highest BCUT2D eigenvalue weighted by Crippen LogP contribution is 2.19. The van der Waals surface area contributed by atoms with Gasteiger partial charge in [-0.15, -0.1) is 0 Å². The van der Waals surface area contributed by atoms with E-state index in [1.165, 1.54) is 4.68 Å². The topological polar surface area (TPSA) is 55.1 Å². The van der Waals surface area contributed by atoms with Gasteiger partial charge in [-0.3, -0.25) is 4.68 Å². The number of hydrogen-bond donors (Lipinski definition) is 1. The lowest BCUT2D eigenvalue weighted by Gasteiger charge is -1.93. The first-order valence-electron chi connectivity index (χ1n) is 2.96. The number of aromatic carboxylic acids is 1. The van der Waals surface area contributed by atoms with E-state index in [1.807, 2.05) is 0 Å². The molecular weight excluding hydrogens is 212 g/mol. The zero-order chi connectivity index (χ0) is 8.59. The van der Waals surface area contributed by atoms with E-state index in [0.717, 1.165) is 0 Å². The number of aromatic nitrogens is 2. The molecule has 60 valence electrons. The highest BCUT2D eigenvalue weighted by atomic mass is 79.9. The van der Waals surface area contributed by atoms with Crippen LogP contribution in [0, 0.1) is 6.92 Å². The smallest absolute Gasteiger partial charge is 0.355 e. The third-order valence-electron chi connectivity index (χ3n) is 1.35. The number of nitrogens with zero attached hydrogens (tertiary/aromatic N) is 2. The van der Waals surface area contributed by atoms with Crippen molar-refractivity contribution in [3.05, 3.63) is 15.9 Å². The molecule has 0 saturated heterocycles. The van der Waals surface area contributed by atoms with Crippen LogP contribution in [0.15, 0.2) is 4.47 Å². The average Bonchev–Trinajstić information content (AvgIpc) is 2.07. The Kier molecular flexibility index (Phi) is 1.99. The van der Waals surface area contributed by atoms with Gasteiger partial charge in [-0.25, -0.2) is 4.79 Å². The van der Waals surface area contributed by atoms with Gasteiger partial charge < -0.3 is 5.11 Å². The molecule has 0 amide bonds. The lowest BCUT2D eigenvalue weighted by Crippen LogP contribution is -2.05. The maximum absolute atomic E-state index is 10.6. The molecule has 0 spiro atoms. The SMILES string of the molecule is Cc1nn(C)c(C(=O)O)c1Br. The summed E-state index contributed by atoms with van der Waals surface area (Å²) in [7, 11) is 1.60. The summed E-state index contributed by atoms with van der Waals surface area (Å²) in [6, 6.07) is 0. The molecule has 4 nitrogen and oxygen atoms in total. The normalized spacial score (nSPS) is 10.1. The van der Waals surface area contributed by atoms with Gasteiger partial charge in [0.2, 0.25) is 0 Å². The van der Waals surface area contributed by atoms with Gasteiger partial charge >= 0.3 is 5.97 Å². The molecule has 0 unspecified atom stereocenters.